The summed E-state index contributed by atoms with van der Waals surface area (Å²) in [6.45, 7) is 0. The Morgan fingerprint density at radius 1 is 1.26 bits per heavy atom. The van der Waals surface area contributed by atoms with Gasteiger partial charge in [0.15, 0.2) is 0 Å². The fourth-order valence-electron chi connectivity index (χ4n) is 4.66. The van der Waals surface area contributed by atoms with E-state index in [1.54, 1.807) is 6.20 Å². The van der Waals surface area contributed by atoms with Gasteiger partial charge in [-0.3, -0.25) is 9.59 Å². The van der Waals surface area contributed by atoms with E-state index in [-0.39, 0.29) is 14.6 Å². The zero-order chi connectivity index (χ0) is 18.4. The third kappa shape index (κ3) is 2.86. The molecule has 2 bridgehead atoms. The van der Waals surface area contributed by atoms with Crippen LogP contribution in [0.25, 0.3) is 11.0 Å². The molecule has 1 aliphatic heterocycles. The lowest BCUT2D eigenvalue weighted by Gasteiger charge is -2.30. The number of nitrogens with one attached hydrogen (secondary N) is 2. The first kappa shape index (κ1) is 16.6. The number of likely N-dealkylation sites (tertiary alicyclic amines) is 1. The highest BCUT2D eigenvalue weighted by Gasteiger charge is 2.47. The van der Waals surface area contributed by atoms with Crippen molar-refractivity contribution in [3.8, 4) is 0 Å². The van der Waals surface area contributed by atoms with Gasteiger partial charge in [0.1, 0.15) is 17.4 Å². The van der Waals surface area contributed by atoms with Crippen molar-refractivity contribution in [2.75, 3.05) is 0 Å². The lowest BCUT2D eigenvalue weighted by Crippen LogP contribution is -2.34. The van der Waals surface area contributed by atoms with Gasteiger partial charge in [-0.25, -0.2) is 9.97 Å². The van der Waals surface area contributed by atoms with Crippen LogP contribution in [0.4, 0.5) is 0 Å². The molecule has 1 saturated heterocycles. The number of amides is 1. The summed E-state index contributed by atoms with van der Waals surface area (Å²) >= 11 is 0. The van der Waals surface area contributed by atoms with Gasteiger partial charge in [0, 0.05) is 32.9 Å². The molecule has 5 rings (SSSR count). The Morgan fingerprint density at radius 2 is 2.19 bits per heavy atom. The van der Waals surface area contributed by atoms with Crippen molar-refractivity contribution in [2.45, 2.75) is 37.8 Å². The van der Waals surface area contributed by atoms with Crippen LogP contribution in [0.3, 0.4) is 0 Å². The lowest BCUT2D eigenvalue weighted by molar-refractivity contribution is -0.122. The van der Waals surface area contributed by atoms with Crippen LogP contribution in [0.1, 0.15) is 42.4 Å². The normalized spacial score (nSPS) is 24.4. The van der Waals surface area contributed by atoms with E-state index >= 15 is 0 Å². The molecule has 7 nitrogen and oxygen atoms in total. The fourth-order valence-corrected chi connectivity index (χ4v) is 5.14. The second-order valence-corrected chi connectivity index (χ2v) is 8.39. The molecule has 0 radical (unpaired) electrons. The van der Waals surface area contributed by atoms with Crippen molar-refractivity contribution in [1.82, 2.24) is 24.8 Å². The number of rotatable bonds is 6. The number of piperidine rings is 1. The van der Waals surface area contributed by atoms with E-state index in [0.29, 0.717) is 12.0 Å². The molecular formula is C19H20N5O2P. The number of nitrogens with zero attached hydrogens (tertiary/aromatic N) is 3. The average molecular weight is 381 g/mol. The highest BCUT2D eigenvalue weighted by atomic mass is 31.1. The van der Waals surface area contributed by atoms with Crippen LogP contribution in [-0.4, -0.2) is 43.3 Å². The molecule has 2 fully saturated rings. The molecule has 1 aromatic carbocycles. The Hall–Kier alpha value is -2.53. The maximum atomic E-state index is 11.6. The third-order valence-electron chi connectivity index (χ3n) is 5.82. The van der Waals surface area contributed by atoms with Gasteiger partial charge in [0.05, 0.1) is 17.1 Å². The summed E-state index contributed by atoms with van der Waals surface area (Å²) in [6.07, 6.45) is 6.87. The molecule has 2 aromatic heterocycles. The Bertz CT molecular complexity index is 1010. The number of hydrogen-bond donors (Lipinski definition) is 2. The molecule has 8 heteroatoms. The quantitative estimate of drug-likeness (QED) is 0.505. The molecule has 3 aromatic rings. The predicted molar refractivity (Wildman–Crippen MR) is 104 cm³/mol. The summed E-state index contributed by atoms with van der Waals surface area (Å²) in [6, 6.07) is 7.52. The topological polar surface area (TPSA) is 94.7 Å². The van der Waals surface area contributed by atoms with Crippen molar-refractivity contribution in [1.29, 1.82) is 0 Å². The monoisotopic (exact) mass is 381 g/mol. The molecule has 1 amide bonds. The van der Waals surface area contributed by atoms with E-state index in [9.17, 15) is 9.59 Å². The molecule has 27 heavy (non-hydrogen) atoms. The second-order valence-electron chi connectivity index (χ2n) is 7.39. The Morgan fingerprint density at radius 3 is 3.04 bits per heavy atom. The van der Waals surface area contributed by atoms with E-state index in [2.05, 4.69) is 27.1 Å². The molecular weight excluding hydrogens is 361 g/mol. The summed E-state index contributed by atoms with van der Waals surface area (Å²) < 4.78 is 0. The zero-order valence-electron chi connectivity index (χ0n) is 14.7. The molecule has 3 unspecified atom stereocenters. The molecule has 2 N–H and O–H groups in total. The van der Waals surface area contributed by atoms with Crippen molar-refractivity contribution in [2.24, 2.45) is 5.92 Å². The number of aromatic amines is 2. The molecule has 3 heterocycles. The van der Waals surface area contributed by atoms with Gasteiger partial charge in [-0.05, 0) is 42.9 Å². The average Bonchev–Trinajstić information content (AvgIpc) is 3.44. The van der Waals surface area contributed by atoms with Gasteiger partial charge in [-0.1, -0.05) is 6.07 Å². The fraction of sp³-hybridized carbons (Fsp3) is 0.368. The highest BCUT2D eigenvalue weighted by Crippen LogP contribution is 2.48. The van der Waals surface area contributed by atoms with Crippen molar-refractivity contribution in [3.63, 3.8) is 0 Å². The molecule has 4 atom stereocenters. The number of hydrogen-bond acceptors (Lipinski definition) is 4. The van der Waals surface area contributed by atoms with Crippen LogP contribution in [0.2, 0.25) is 0 Å². The van der Waals surface area contributed by atoms with Crippen LogP contribution in [0.15, 0.2) is 24.4 Å². The van der Waals surface area contributed by atoms with Crippen LogP contribution < -0.4 is 5.57 Å². The Balaban J connectivity index is 1.41. The van der Waals surface area contributed by atoms with Crippen LogP contribution >= 0.6 is 8.58 Å². The van der Waals surface area contributed by atoms with Crippen LogP contribution in [0, 0.1) is 5.92 Å². The van der Waals surface area contributed by atoms with E-state index in [1.807, 2.05) is 11.0 Å². The number of benzene rings is 1. The molecule has 1 saturated carbocycles. The maximum Gasteiger partial charge on any atom is 0.210 e. The first-order valence-corrected chi connectivity index (χ1v) is 10.3. The number of aromatic nitrogens is 4. The minimum atomic E-state index is 0.0610. The molecule has 138 valence electrons. The lowest BCUT2D eigenvalue weighted by atomic mass is 9.98. The summed E-state index contributed by atoms with van der Waals surface area (Å²) in [5.74, 6) is 1.42. The van der Waals surface area contributed by atoms with Gasteiger partial charge in [-0.2, -0.15) is 0 Å². The predicted octanol–water partition coefficient (Wildman–Crippen LogP) is 2.05. The minimum Gasteiger partial charge on any atom is -0.342 e. The van der Waals surface area contributed by atoms with E-state index in [0.717, 1.165) is 65.4 Å². The first-order chi connectivity index (χ1) is 13.2. The largest absolute Gasteiger partial charge is 0.342 e. The summed E-state index contributed by atoms with van der Waals surface area (Å²) in [5, 5.41) is 0. The summed E-state index contributed by atoms with van der Waals surface area (Å²) in [7, 11) is 0.0610. The molecule has 1 aliphatic carbocycles. The number of carbonyl (C=O) groups is 2. The number of fused-ring (bicyclic) bond motifs is 3. The second kappa shape index (κ2) is 6.57. The van der Waals surface area contributed by atoms with E-state index < -0.39 is 0 Å². The number of imidazole rings is 2. The standard InChI is InChI=1S/C19H20N5O2P/c25-9-24-14-3-2-12(7-14)17(24)18-22-15-4-1-11(6-16(15)23-18)5-13-8-20-19(21-13)27-10-26/h1,4,6,8-10,12,14,17,27H,2-3,5,7H2,(H,20,21)(H,22,23)/t12?,14?,17-/m0/s1. The van der Waals surface area contributed by atoms with E-state index in [1.165, 1.54) is 6.42 Å². The smallest absolute Gasteiger partial charge is 0.210 e. The molecule has 2 aliphatic rings. The van der Waals surface area contributed by atoms with Crippen molar-refractivity contribution in [3.05, 3.63) is 41.5 Å². The van der Waals surface area contributed by atoms with Crippen LogP contribution in [-0.2, 0) is 16.0 Å². The Kier molecular flexibility index (Phi) is 4.05. The van der Waals surface area contributed by atoms with Gasteiger partial charge >= 0.3 is 0 Å². The summed E-state index contributed by atoms with van der Waals surface area (Å²) in [4.78, 5) is 39.8. The van der Waals surface area contributed by atoms with Crippen molar-refractivity contribution >= 4 is 37.6 Å². The van der Waals surface area contributed by atoms with Gasteiger partial charge in [0.2, 0.25) is 6.41 Å². The highest BCUT2D eigenvalue weighted by molar-refractivity contribution is 7.62. The van der Waals surface area contributed by atoms with Gasteiger partial charge in [0.25, 0.3) is 0 Å². The maximum absolute atomic E-state index is 11.6. The first-order valence-electron chi connectivity index (χ1n) is 9.20. The van der Waals surface area contributed by atoms with E-state index in [4.69, 9.17) is 4.98 Å². The van der Waals surface area contributed by atoms with Gasteiger partial charge < -0.3 is 14.9 Å². The zero-order valence-corrected chi connectivity index (χ0v) is 15.7. The SMILES string of the molecule is O=CPc1ncc(Cc2ccc3nc([C@@H]4C5CCC(C5)N4C=O)[nH]c3c2)[nH]1. The Labute approximate surface area is 157 Å². The summed E-state index contributed by atoms with van der Waals surface area (Å²) in [5.41, 5.74) is 4.76. The third-order valence-corrected chi connectivity index (χ3v) is 6.47. The number of carbonyl (C=O) groups excluding carboxylic acids is 2. The minimum absolute atomic E-state index is 0.0610. The van der Waals surface area contributed by atoms with Crippen molar-refractivity contribution < 1.29 is 9.59 Å². The van der Waals surface area contributed by atoms with Gasteiger partial charge in [-0.15, -0.1) is 0 Å². The number of H-pyrrole nitrogens is 2. The van der Waals surface area contributed by atoms with Crippen LogP contribution in [0.5, 0.6) is 0 Å². The molecule has 0 spiro atoms.